The molecule has 1 N–H and O–H groups in total. The van der Waals surface area contributed by atoms with Gasteiger partial charge in [0.25, 0.3) is 5.91 Å². The molecule has 1 heterocycles. The first-order chi connectivity index (χ1) is 12.0. The van der Waals surface area contributed by atoms with Gasteiger partial charge in [-0.2, -0.15) is 0 Å². The minimum atomic E-state index is -0.720. The van der Waals surface area contributed by atoms with Crippen molar-refractivity contribution in [2.24, 2.45) is 0 Å². The minimum Gasteiger partial charge on any atom is -0.494 e. The Morgan fingerprint density at radius 1 is 1.36 bits per heavy atom. The Morgan fingerprint density at radius 3 is 2.76 bits per heavy atom. The zero-order valence-corrected chi connectivity index (χ0v) is 13.8. The van der Waals surface area contributed by atoms with Crippen molar-refractivity contribution in [3.8, 4) is 5.75 Å². The van der Waals surface area contributed by atoms with Gasteiger partial charge < -0.3 is 19.3 Å². The van der Waals surface area contributed by atoms with E-state index in [2.05, 4.69) is 10.5 Å². The van der Waals surface area contributed by atoms with Gasteiger partial charge in [0.1, 0.15) is 0 Å². The number of benzene rings is 1. The minimum absolute atomic E-state index is 0.00654. The topological polar surface area (TPSA) is 90.7 Å². The highest BCUT2D eigenvalue weighted by Gasteiger charge is 2.28. The fourth-order valence-electron chi connectivity index (χ4n) is 2.34. The third-order valence-corrected chi connectivity index (χ3v) is 3.78. The van der Waals surface area contributed by atoms with E-state index >= 15 is 0 Å². The fourth-order valence-corrected chi connectivity index (χ4v) is 2.34. The lowest BCUT2D eigenvalue weighted by atomic mass is 10.1. The van der Waals surface area contributed by atoms with Gasteiger partial charge in [-0.25, -0.2) is 9.18 Å². The number of aromatic nitrogens is 1. The van der Waals surface area contributed by atoms with Crippen molar-refractivity contribution >= 4 is 17.6 Å². The molecule has 0 aliphatic heterocycles. The predicted molar refractivity (Wildman–Crippen MR) is 85.3 cm³/mol. The van der Waals surface area contributed by atoms with Crippen LogP contribution in [0.1, 0.15) is 52.3 Å². The first-order valence-electron chi connectivity index (χ1n) is 7.86. The van der Waals surface area contributed by atoms with Gasteiger partial charge in [-0.05, 0) is 25.8 Å². The summed E-state index contributed by atoms with van der Waals surface area (Å²) in [6, 6.07) is 3.73. The highest BCUT2D eigenvalue weighted by Crippen LogP contribution is 2.39. The normalized spacial score (nSPS) is 13.4. The zero-order valence-electron chi connectivity index (χ0n) is 13.8. The van der Waals surface area contributed by atoms with Crippen LogP contribution in [-0.2, 0) is 4.74 Å². The molecule has 1 amide bonds. The van der Waals surface area contributed by atoms with E-state index < -0.39 is 17.7 Å². The molecular weight excluding hydrogens is 331 g/mol. The molecule has 0 radical (unpaired) electrons. The number of ether oxygens (including phenoxy) is 2. The van der Waals surface area contributed by atoms with Crippen LogP contribution in [0.2, 0.25) is 0 Å². The molecule has 1 saturated carbocycles. The van der Waals surface area contributed by atoms with Crippen LogP contribution in [0.5, 0.6) is 5.75 Å². The number of esters is 1. The smallest absolute Gasteiger partial charge is 0.340 e. The Kier molecular flexibility index (Phi) is 4.69. The van der Waals surface area contributed by atoms with E-state index in [-0.39, 0.29) is 29.4 Å². The van der Waals surface area contributed by atoms with Crippen molar-refractivity contribution in [2.45, 2.75) is 25.7 Å². The van der Waals surface area contributed by atoms with Crippen LogP contribution < -0.4 is 10.1 Å². The van der Waals surface area contributed by atoms with Gasteiger partial charge in [0.15, 0.2) is 11.6 Å². The Bertz CT molecular complexity index is 813. The molecule has 0 atom stereocenters. The standard InChI is InChI=1S/C17H17FN2O5/c1-3-24-17(22)10-6-14(23-2)11(18)7-13(10)19-16(21)15-8-12(20-25-15)9-4-5-9/h6-9H,3-5H2,1-2H3,(H,19,21). The summed E-state index contributed by atoms with van der Waals surface area (Å²) in [5, 5.41) is 6.31. The number of hydrogen-bond acceptors (Lipinski definition) is 6. The number of carbonyl (C=O) groups excluding carboxylic acids is 2. The van der Waals surface area contributed by atoms with Gasteiger partial charge in [0.05, 0.1) is 30.7 Å². The third kappa shape index (κ3) is 3.62. The van der Waals surface area contributed by atoms with Crippen molar-refractivity contribution in [3.63, 3.8) is 0 Å². The number of anilines is 1. The fraction of sp³-hybridized carbons (Fsp3) is 0.353. The maximum atomic E-state index is 14.0. The molecule has 1 aliphatic carbocycles. The summed E-state index contributed by atoms with van der Waals surface area (Å²) in [5.41, 5.74) is 0.665. The van der Waals surface area contributed by atoms with E-state index in [1.54, 1.807) is 13.0 Å². The Morgan fingerprint density at radius 2 is 2.12 bits per heavy atom. The van der Waals surface area contributed by atoms with Crippen LogP contribution in [0.3, 0.4) is 0 Å². The number of amides is 1. The van der Waals surface area contributed by atoms with Gasteiger partial charge in [-0.1, -0.05) is 5.16 Å². The molecule has 1 aliphatic rings. The molecule has 0 saturated heterocycles. The summed E-state index contributed by atoms with van der Waals surface area (Å²) in [6.45, 7) is 1.78. The quantitative estimate of drug-likeness (QED) is 0.807. The number of nitrogens with zero attached hydrogens (tertiary/aromatic N) is 1. The SMILES string of the molecule is CCOC(=O)c1cc(OC)c(F)cc1NC(=O)c1cc(C2CC2)no1. The number of rotatable bonds is 6. The lowest BCUT2D eigenvalue weighted by Crippen LogP contribution is -2.16. The van der Waals surface area contributed by atoms with E-state index in [0.717, 1.165) is 24.6 Å². The molecule has 3 rings (SSSR count). The van der Waals surface area contributed by atoms with Crippen molar-refractivity contribution in [1.82, 2.24) is 5.16 Å². The van der Waals surface area contributed by atoms with Crippen LogP contribution in [-0.4, -0.2) is 30.7 Å². The van der Waals surface area contributed by atoms with E-state index in [1.807, 2.05) is 0 Å². The number of hydrogen-bond donors (Lipinski definition) is 1. The summed E-state index contributed by atoms with van der Waals surface area (Å²) in [6.07, 6.45) is 2.04. The van der Waals surface area contributed by atoms with Crippen molar-refractivity contribution in [1.29, 1.82) is 0 Å². The monoisotopic (exact) mass is 348 g/mol. The molecule has 132 valence electrons. The molecule has 1 aromatic heterocycles. The van der Waals surface area contributed by atoms with Crippen LogP contribution in [0, 0.1) is 5.82 Å². The van der Waals surface area contributed by atoms with E-state index in [9.17, 15) is 14.0 Å². The van der Waals surface area contributed by atoms with Crippen LogP contribution in [0.25, 0.3) is 0 Å². The first kappa shape index (κ1) is 16.9. The maximum absolute atomic E-state index is 14.0. The Hall–Kier alpha value is -2.90. The van der Waals surface area contributed by atoms with Crippen molar-refractivity contribution in [2.75, 3.05) is 19.0 Å². The van der Waals surface area contributed by atoms with Gasteiger partial charge in [-0.15, -0.1) is 0 Å². The Labute approximate surface area is 143 Å². The molecule has 0 bridgehead atoms. The average Bonchev–Trinajstić information content (AvgIpc) is 3.32. The van der Waals surface area contributed by atoms with Crippen molar-refractivity contribution in [3.05, 3.63) is 41.0 Å². The highest BCUT2D eigenvalue weighted by atomic mass is 19.1. The van der Waals surface area contributed by atoms with Gasteiger partial charge in [-0.3, -0.25) is 4.79 Å². The molecule has 1 fully saturated rings. The molecule has 2 aromatic rings. The second-order valence-electron chi connectivity index (χ2n) is 5.60. The number of nitrogens with one attached hydrogen (secondary N) is 1. The van der Waals surface area contributed by atoms with Crippen molar-refractivity contribution < 1.29 is 28.0 Å². The predicted octanol–water partition coefficient (Wildman–Crippen LogP) is 3.13. The molecule has 8 heteroatoms. The lowest BCUT2D eigenvalue weighted by Gasteiger charge is -2.12. The maximum Gasteiger partial charge on any atom is 0.340 e. The van der Waals surface area contributed by atoms with Gasteiger partial charge in [0.2, 0.25) is 5.76 Å². The van der Waals surface area contributed by atoms with Crippen LogP contribution in [0.15, 0.2) is 22.7 Å². The zero-order chi connectivity index (χ0) is 18.0. The highest BCUT2D eigenvalue weighted by molar-refractivity contribution is 6.06. The molecule has 25 heavy (non-hydrogen) atoms. The van der Waals surface area contributed by atoms with Crippen LogP contribution >= 0.6 is 0 Å². The third-order valence-electron chi connectivity index (χ3n) is 3.78. The molecule has 0 unspecified atom stereocenters. The summed E-state index contributed by atoms with van der Waals surface area (Å²) < 4.78 is 28.8. The summed E-state index contributed by atoms with van der Waals surface area (Å²) >= 11 is 0. The summed E-state index contributed by atoms with van der Waals surface area (Å²) in [4.78, 5) is 24.4. The van der Waals surface area contributed by atoms with Gasteiger partial charge >= 0.3 is 5.97 Å². The largest absolute Gasteiger partial charge is 0.494 e. The Balaban J connectivity index is 1.87. The lowest BCUT2D eigenvalue weighted by molar-refractivity contribution is 0.0527. The summed E-state index contributed by atoms with van der Waals surface area (Å²) in [7, 11) is 1.28. The molecule has 7 nitrogen and oxygen atoms in total. The first-order valence-corrected chi connectivity index (χ1v) is 7.86. The number of carbonyl (C=O) groups is 2. The van der Waals surface area contributed by atoms with E-state index in [1.165, 1.54) is 13.2 Å². The van der Waals surface area contributed by atoms with E-state index in [4.69, 9.17) is 14.0 Å². The molecular formula is C17H17FN2O5. The number of methoxy groups -OCH3 is 1. The molecule has 1 aromatic carbocycles. The van der Waals surface area contributed by atoms with E-state index in [0.29, 0.717) is 5.92 Å². The second kappa shape index (κ2) is 6.92. The second-order valence-corrected chi connectivity index (χ2v) is 5.60. The average molecular weight is 348 g/mol. The van der Waals surface area contributed by atoms with Gasteiger partial charge in [0, 0.05) is 18.1 Å². The summed E-state index contributed by atoms with van der Waals surface area (Å²) in [5.74, 6) is -1.85. The van der Waals surface area contributed by atoms with Crippen LogP contribution in [0.4, 0.5) is 10.1 Å². The molecule has 0 spiro atoms. The number of halogens is 1.